The lowest BCUT2D eigenvalue weighted by Crippen LogP contribution is -2.48. The maximum absolute atomic E-state index is 13.8. The van der Waals surface area contributed by atoms with Gasteiger partial charge in [-0.3, -0.25) is 9.59 Å². The fourth-order valence-corrected chi connectivity index (χ4v) is 6.04. The second-order valence-corrected chi connectivity index (χ2v) is 10.1. The predicted molar refractivity (Wildman–Crippen MR) is 134 cm³/mol. The highest BCUT2D eigenvalue weighted by atomic mass is 35.5. The first-order chi connectivity index (χ1) is 16.3. The lowest BCUT2D eigenvalue weighted by Gasteiger charge is -2.39. The Balaban J connectivity index is 1.41. The molecule has 3 aliphatic rings. The van der Waals surface area contributed by atoms with Gasteiger partial charge in [0.1, 0.15) is 6.23 Å². The zero-order chi connectivity index (χ0) is 24.0. The molecule has 2 aromatic rings. The monoisotopic (exact) mass is 482 g/mol. The lowest BCUT2D eigenvalue weighted by molar-refractivity contribution is -0.130. The number of hydrogen-bond acceptors (Lipinski definition) is 5. The van der Waals surface area contributed by atoms with Crippen LogP contribution in [0.25, 0.3) is 0 Å². The molecule has 8 heteroatoms. The third-order valence-electron chi connectivity index (χ3n) is 7.79. The number of rotatable bonds is 3. The van der Waals surface area contributed by atoms with Gasteiger partial charge < -0.3 is 25.5 Å². The molecule has 2 saturated heterocycles. The number of fused-ring (bicyclic) bond motifs is 2. The minimum absolute atomic E-state index is 0.0381. The minimum atomic E-state index is -0.732. The second kappa shape index (κ2) is 8.78. The molecule has 3 N–H and O–H groups in total. The first kappa shape index (κ1) is 23.0. The molecule has 3 aliphatic heterocycles. The van der Waals surface area contributed by atoms with Crippen LogP contribution in [0.2, 0.25) is 0 Å². The van der Waals surface area contributed by atoms with Crippen LogP contribution in [0.15, 0.2) is 42.5 Å². The van der Waals surface area contributed by atoms with Crippen molar-refractivity contribution in [2.24, 2.45) is 5.92 Å². The van der Waals surface area contributed by atoms with E-state index in [1.54, 1.807) is 6.92 Å². The fourth-order valence-electron chi connectivity index (χ4n) is 5.87. The number of carbonyl (C=O) groups excluding carboxylic acids is 2. The third kappa shape index (κ3) is 3.91. The molecule has 180 valence electrons. The Hall–Kier alpha value is -2.77. The summed E-state index contributed by atoms with van der Waals surface area (Å²) in [5.41, 5.74) is 10.3. The highest BCUT2D eigenvalue weighted by Crippen LogP contribution is 2.48. The summed E-state index contributed by atoms with van der Waals surface area (Å²) < 4.78 is 0. The average molecular weight is 483 g/mol. The topological polar surface area (TPSA) is 90.1 Å². The molecule has 2 atom stereocenters. The summed E-state index contributed by atoms with van der Waals surface area (Å²) in [7, 11) is 0. The molecule has 2 aromatic carbocycles. The van der Waals surface area contributed by atoms with Crippen LogP contribution in [-0.2, 0) is 20.9 Å². The number of benzene rings is 2. The van der Waals surface area contributed by atoms with E-state index in [9.17, 15) is 14.7 Å². The van der Waals surface area contributed by atoms with Crippen molar-refractivity contribution < 1.29 is 14.7 Å². The third-order valence-corrected chi connectivity index (χ3v) is 8.10. The molecule has 2 unspecified atom stereocenters. The van der Waals surface area contributed by atoms with Gasteiger partial charge in [-0.25, -0.2) is 0 Å². The quantitative estimate of drug-likeness (QED) is 0.518. The molecule has 0 aromatic heterocycles. The molecule has 2 amide bonds. The molecule has 0 bridgehead atoms. The Morgan fingerprint density at radius 2 is 1.94 bits per heavy atom. The number of carbonyl (C=O) groups is 2. The minimum Gasteiger partial charge on any atom is -0.399 e. The summed E-state index contributed by atoms with van der Waals surface area (Å²) in [6, 6.07) is 13.5. The van der Waals surface area contributed by atoms with Gasteiger partial charge in [-0.05, 0) is 48.2 Å². The maximum atomic E-state index is 13.8. The lowest BCUT2D eigenvalue weighted by atomic mass is 9.74. The van der Waals surface area contributed by atoms with Gasteiger partial charge in [0.2, 0.25) is 11.8 Å². The molecule has 5 rings (SSSR count). The molecule has 34 heavy (non-hydrogen) atoms. The van der Waals surface area contributed by atoms with Crippen LogP contribution >= 0.6 is 11.6 Å². The SMILES string of the molecule is CC(=O)N1CCC2(CC1)CN(C(=O)C1CC(O)N(c3cccc(N)c3)C1)c1ccc(CCl)cc12. The van der Waals surface area contributed by atoms with Crippen LogP contribution in [-0.4, -0.2) is 54.2 Å². The zero-order valence-corrected chi connectivity index (χ0v) is 20.2. The first-order valence-electron chi connectivity index (χ1n) is 11.9. The van der Waals surface area contributed by atoms with E-state index < -0.39 is 6.23 Å². The Bertz CT molecular complexity index is 1110. The van der Waals surface area contributed by atoms with Crippen molar-refractivity contribution in [2.45, 2.75) is 43.7 Å². The number of piperidine rings is 1. The Morgan fingerprint density at radius 1 is 1.18 bits per heavy atom. The molecule has 0 radical (unpaired) electrons. The van der Waals surface area contributed by atoms with Crippen molar-refractivity contribution in [2.75, 3.05) is 41.7 Å². The van der Waals surface area contributed by atoms with Crippen molar-refractivity contribution >= 4 is 40.5 Å². The number of nitrogens with two attached hydrogens (primary N) is 1. The number of hydrogen-bond donors (Lipinski definition) is 2. The largest absolute Gasteiger partial charge is 0.399 e. The maximum Gasteiger partial charge on any atom is 0.232 e. The Kier molecular flexibility index (Phi) is 5.94. The van der Waals surface area contributed by atoms with Crippen LogP contribution < -0.4 is 15.5 Å². The highest BCUT2D eigenvalue weighted by molar-refractivity contribution is 6.17. The number of aliphatic hydroxyl groups is 1. The fraction of sp³-hybridized carbons (Fsp3) is 0.462. The van der Waals surface area contributed by atoms with E-state index in [0.29, 0.717) is 44.2 Å². The molecule has 7 nitrogen and oxygen atoms in total. The average Bonchev–Trinajstić information content (AvgIpc) is 3.37. The van der Waals surface area contributed by atoms with Crippen LogP contribution in [0.1, 0.15) is 37.3 Å². The van der Waals surface area contributed by atoms with Crippen LogP contribution in [0.4, 0.5) is 17.1 Å². The van der Waals surface area contributed by atoms with Crippen molar-refractivity contribution in [3.05, 3.63) is 53.6 Å². The summed E-state index contributed by atoms with van der Waals surface area (Å²) in [6.45, 7) is 4.03. The predicted octanol–water partition coefficient (Wildman–Crippen LogP) is 3.08. The standard InChI is InChI=1S/C26H31ClN4O3/c1-17(32)29-9-7-26(8-10-29)16-31(23-6-5-18(14-27)11-22(23)26)25(34)19-12-24(33)30(15-19)21-4-2-3-20(28)13-21/h2-6,11,13,19,24,33H,7-10,12,14-16,28H2,1H3. The van der Waals surface area contributed by atoms with E-state index in [2.05, 4.69) is 6.07 Å². The van der Waals surface area contributed by atoms with E-state index in [1.165, 1.54) is 0 Å². The van der Waals surface area contributed by atoms with Crippen LogP contribution in [0.5, 0.6) is 0 Å². The van der Waals surface area contributed by atoms with E-state index in [1.807, 2.05) is 51.1 Å². The van der Waals surface area contributed by atoms with Gasteiger partial charge in [-0.1, -0.05) is 18.2 Å². The smallest absolute Gasteiger partial charge is 0.232 e. The number of likely N-dealkylation sites (tertiary alicyclic amines) is 1. The molecular weight excluding hydrogens is 452 g/mol. The number of halogens is 1. The second-order valence-electron chi connectivity index (χ2n) is 9.86. The van der Waals surface area contributed by atoms with Gasteiger partial charge in [-0.2, -0.15) is 0 Å². The van der Waals surface area contributed by atoms with E-state index in [0.717, 1.165) is 35.3 Å². The number of amides is 2. The van der Waals surface area contributed by atoms with Gasteiger partial charge >= 0.3 is 0 Å². The van der Waals surface area contributed by atoms with Crippen LogP contribution in [0, 0.1) is 5.92 Å². The van der Waals surface area contributed by atoms with Crippen molar-refractivity contribution in [1.29, 1.82) is 0 Å². The van der Waals surface area contributed by atoms with Gasteiger partial charge in [0, 0.05) is 67.9 Å². The normalized spacial score (nSPS) is 23.4. The van der Waals surface area contributed by atoms with Crippen molar-refractivity contribution in [3.63, 3.8) is 0 Å². The van der Waals surface area contributed by atoms with Crippen molar-refractivity contribution in [3.8, 4) is 0 Å². The molecule has 0 saturated carbocycles. The summed E-state index contributed by atoms with van der Waals surface area (Å²) in [4.78, 5) is 31.4. The van der Waals surface area contributed by atoms with Crippen LogP contribution in [0.3, 0.4) is 0 Å². The van der Waals surface area contributed by atoms with Gasteiger partial charge in [-0.15, -0.1) is 11.6 Å². The van der Waals surface area contributed by atoms with E-state index >= 15 is 0 Å². The summed E-state index contributed by atoms with van der Waals surface area (Å²) >= 11 is 6.15. The zero-order valence-electron chi connectivity index (χ0n) is 19.4. The van der Waals surface area contributed by atoms with Gasteiger partial charge in [0.05, 0.1) is 5.92 Å². The van der Waals surface area contributed by atoms with E-state index in [-0.39, 0.29) is 23.1 Å². The number of nitrogens with zero attached hydrogens (tertiary/aromatic N) is 3. The molecular formula is C26H31ClN4O3. The Labute approximate surface area is 205 Å². The highest BCUT2D eigenvalue weighted by Gasteiger charge is 2.49. The summed E-state index contributed by atoms with van der Waals surface area (Å²) in [5.74, 6) is 0.235. The summed E-state index contributed by atoms with van der Waals surface area (Å²) in [6.07, 6.45) is 1.28. The number of aliphatic hydroxyl groups excluding tert-OH is 1. The van der Waals surface area contributed by atoms with Crippen molar-refractivity contribution in [1.82, 2.24) is 4.90 Å². The molecule has 2 fully saturated rings. The molecule has 0 aliphatic carbocycles. The number of nitrogen functional groups attached to an aromatic ring is 1. The molecule has 3 heterocycles. The number of anilines is 3. The molecule has 1 spiro atoms. The van der Waals surface area contributed by atoms with E-state index in [4.69, 9.17) is 17.3 Å². The van der Waals surface area contributed by atoms with Gasteiger partial charge in [0.15, 0.2) is 0 Å². The Morgan fingerprint density at radius 3 is 2.62 bits per heavy atom. The summed E-state index contributed by atoms with van der Waals surface area (Å²) in [5, 5.41) is 10.7. The first-order valence-corrected chi connectivity index (χ1v) is 12.4. The number of alkyl halides is 1. The van der Waals surface area contributed by atoms with Gasteiger partial charge in [0.25, 0.3) is 0 Å².